The third-order valence-corrected chi connectivity index (χ3v) is 6.45. The predicted molar refractivity (Wildman–Crippen MR) is 117 cm³/mol. The van der Waals surface area contributed by atoms with Crippen LogP contribution in [0.2, 0.25) is 0 Å². The second kappa shape index (κ2) is 8.06. The maximum absolute atomic E-state index is 12.8. The van der Waals surface area contributed by atoms with Gasteiger partial charge in [0.25, 0.3) is 5.91 Å². The van der Waals surface area contributed by atoms with E-state index in [1.165, 1.54) is 4.90 Å². The fourth-order valence-corrected chi connectivity index (χ4v) is 4.54. The summed E-state index contributed by atoms with van der Waals surface area (Å²) in [6.07, 6.45) is 0.514. The zero-order chi connectivity index (χ0) is 23.1. The number of benzene rings is 2. The van der Waals surface area contributed by atoms with Crippen molar-refractivity contribution in [3.63, 3.8) is 0 Å². The van der Waals surface area contributed by atoms with E-state index >= 15 is 0 Å². The van der Waals surface area contributed by atoms with Crippen LogP contribution in [0.3, 0.4) is 0 Å². The number of fused-ring (bicyclic) bond motifs is 1. The Kier molecular flexibility index (Phi) is 5.05. The molecule has 1 atom stereocenters. The first-order valence-corrected chi connectivity index (χ1v) is 10.8. The number of amides is 5. The lowest BCUT2D eigenvalue weighted by atomic mass is 9.91. The van der Waals surface area contributed by atoms with Crippen LogP contribution in [-0.4, -0.2) is 52.7 Å². The van der Waals surface area contributed by atoms with Gasteiger partial charge in [0.15, 0.2) is 0 Å². The van der Waals surface area contributed by atoms with E-state index in [4.69, 9.17) is 5.26 Å². The van der Waals surface area contributed by atoms with E-state index in [9.17, 15) is 19.2 Å². The highest BCUT2D eigenvalue weighted by atomic mass is 16.2. The number of piperidine rings is 1. The van der Waals surface area contributed by atoms with Crippen LogP contribution in [0.1, 0.15) is 45.8 Å². The highest BCUT2D eigenvalue weighted by Crippen LogP contribution is 2.31. The van der Waals surface area contributed by atoms with Gasteiger partial charge >= 0.3 is 6.03 Å². The first-order valence-electron chi connectivity index (χ1n) is 10.8. The van der Waals surface area contributed by atoms with E-state index in [-0.39, 0.29) is 36.7 Å². The zero-order valence-corrected chi connectivity index (χ0v) is 17.7. The Morgan fingerprint density at radius 2 is 1.85 bits per heavy atom. The number of rotatable bonds is 3. The van der Waals surface area contributed by atoms with Crippen LogP contribution in [0.25, 0.3) is 0 Å². The number of carbonyl (C=O) groups excluding carboxylic acids is 4. The molecular weight excluding hydrogens is 422 g/mol. The number of carbonyl (C=O) groups is 4. The van der Waals surface area contributed by atoms with Gasteiger partial charge in [-0.15, -0.1) is 0 Å². The molecule has 166 valence electrons. The first kappa shape index (κ1) is 20.7. The molecule has 0 spiro atoms. The summed E-state index contributed by atoms with van der Waals surface area (Å²) in [7, 11) is 0. The van der Waals surface area contributed by atoms with Crippen molar-refractivity contribution in [3.8, 4) is 6.07 Å². The van der Waals surface area contributed by atoms with Crippen LogP contribution in [0, 0.1) is 11.3 Å². The van der Waals surface area contributed by atoms with Gasteiger partial charge in [-0.25, -0.2) is 4.79 Å². The topological polar surface area (TPSA) is 123 Å². The Balaban J connectivity index is 1.20. The molecule has 9 nitrogen and oxygen atoms in total. The van der Waals surface area contributed by atoms with Crippen LogP contribution in [-0.2, 0) is 16.1 Å². The monoisotopic (exact) mass is 443 g/mol. The third kappa shape index (κ3) is 3.80. The second-order valence-electron chi connectivity index (χ2n) is 8.54. The van der Waals surface area contributed by atoms with Crippen molar-refractivity contribution < 1.29 is 19.2 Å². The predicted octanol–water partition coefficient (Wildman–Crippen LogP) is 1.95. The van der Waals surface area contributed by atoms with E-state index in [0.717, 1.165) is 11.1 Å². The number of nitriles is 1. The van der Waals surface area contributed by atoms with Gasteiger partial charge in [-0.3, -0.25) is 19.7 Å². The van der Waals surface area contributed by atoms with Crippen molar-refractivity contribution in [3.05, 3.63) is 64.7 Å². The Bertz CT molecular complexity index is 1210. The molecule has 9 heteroatoms. The lowest BCUT2D eigenvalue weighted by Gasteiger charge is -2.39. The largest absolute Gasteiger partial charge is 0.323 e. The fourth-order valence-electron chi connectivity index (χ4n) is 4.54. The second-order valence-corrected chi connectivity index (χ2v) is 8.54. The first-order chi connectivity index (χ1) is 15.9. The molecule has 0 aromatic heterocycles. The van der Waals surface area contributed by atoms with Gasteiger partial charge < -0.3 is 15.1 Å². The van der Waals surface area contributed by atoms with E-state index in [1.807, 2.05) is 12.1 Å². The molecule has 33 heavy (non-hydrogen) atoms. The molecule has 2 aromatic carbocycles. The maximum Gasteiger partial charge on any atom is 0.321 e. The Hall–Kier alpha value is -4.19. The summed E-state index contributed by atoms with van der Waals surface area (Å²) in [6, 6.07) is 13.7. The van der Waals surface area contributed by atoms with Crippen molar-refractivity contribution in [1.82, 2.24) is 15.1 Å². The Morgan fingerprint density at radius 3 is 2.55 bits per heavy atom. The van der Waals surface area contributed by atoms with E-state index < -0.39 is 11.9 Å². The van der Waals surface area contributed by atoms with Crippen LogP contribution in [0.4, 0.5) is 10.5 Å². The van der Waals surface area contributed by atoms with Crippen molar-refractivity contribution in [1.29, 1.82) is 5.26 Å². The molecule has 0 bridgehead atoms. The van der Waals surface area contributed by atoms with Crippen LogP contribution in [0.5, 0.6) is 0 Å². The molecule has 2 N–H and O–H groups in total. The molecule has 0 saturated carbocycles. The minimum atomic E-state index is -0.666. The zero-order valence-electron chi connectivity index (χ0n) is 17.7. The lowest BCUT2D eigenvalue weighted by molar-refractivity contribution is -0.136. The molecule has 5 rings (SSSR count). The average molecular weight is 443 g/mol. The van der Waals surface area contributed by atoms with E-state index in [2.05, 4.69) is 16.7 Å². The minimum Gasteiger partial charge on any atom is -0.323 e. The number of anilines is 1. The van der Waals surface area contributed by atoms with E-state index in [0.29, 0.717) is 36.3 Å². The van der Waals surface area contributed by atoms with Crippen molar-refractivity contribution >= 4 is 29.4 Å². The number of nitrogens with one attached hydrogen (secondary N) is 2. The summed E-state index contributed by atoms with van der Waals surface area (Å²) in [6.45, 7) is 1.43. The molecule has 3 aliphatic heterocycles. The normalized spacial score (nSPS) is 20.1. The lowest BCUT2D eigenvalue weighted by Crippen LogP contribution is -2.52. The molecule has 3 heterocycles. The molecule has 0 radical (unpaired) electrons. The molecule has 5 amide bonds. The highest BCUT2D eigenvalue weighted by Gasteiger charge is 2.39. The van der Waals surface area contributed by atoms with Gasteiger partial charge in [0.2, 0.25) is 11.8 Å². The molecule has 1 unspecified atom stereocenters. The van der Waals surface area contributed by atoms with Gasteiger partial charge in [0.1, 0.15) is 6.04 Å². The smallest absolute Gasteiger partial charge is 0.321 e. The number of hydrogen-bond donors (Lipinski definition) is 2. The average Bonchev–Trinajstić information content (AvgIpc) is 3.09. The van der Waals surface area contributed by atoms with Crippen LogP contribution < -0.4 is 10.6 Å². The van der Waals surface area contributed by atoms with Crippen molar-refractivity contribution in [2.24, 2.45) is 0 Å². The third-order valence-electron chi connectivity index (χ3n) is 6.45. The minimum absolute atomic E-state index is 0.205. The number of imide groups is 1. The molecule has 2 fully saturated rings. The quantitative estimate of drug-likeness (QED) is 0.702. The standard InChI is InChI=1S/C24H21N5O4/c25-10-14-1-3-15(4-2-14)17-11-28(12-17)24(33)26-18-5-6-19-16(9-18)13-29(23(19)32)20-7-8-21(30)27-22(20)31/h1-6,9,17,20H,7-8,11-13H2,(H,26,33)(H,27,30,31). The molecular formula is C24H21N5O4. The molecule has 2 saturated heterocycles. The Morgan fingerprint density at radius 1 is 1.09 bits per heavy atom. The van der Waals surface area contributed by atoms with E-state index in [1.54, 1.807) is 35.2 Å². The van der Waals surface area contributed by atoms with Gasteiger partial charge in [-0.05, 0) is 47.9 Å². The summed E-state index contributed by atoms with van der Waals surface area (Å²) in [5, 5.41) is 14.1. The van der Waals surface area contributed by atoms with Gasteiger partial charge in [0, 0.05) is 43.2 Å². The van der Waals surface area contributed by atoms with Crippen LogP contribution >= 0.6 is 0 Å². The van der Waals surface area contributed by atoms with Gasteiger partial charge in [-0.1, -0.05) is 12.1 Å². The van der Waals surface area contributed by atoms with Crippen molar-refractivity contribution in [2.75, 3.05) is 18.4 Å². The number of urea groups is 1. The summed E-state index contributed by atoms with van der Waals surface area (Å²) >= 11 is 0. The molecule has 0 aliphatic carbocycles. The highest BCUT2D eigenvalue weighted by molar-refractivity contribution is 6.05. The van der Waals surface area contributed by atoms with Crippen molar-refractivity contribution in [2.45, 2.75) is 31.3 Å². The summed E-state index contributed by atoms with van der Waals surface area (Å²) in [5.41, 5.74) is 3.53. The summed E-state index contributed by atoms with van der Waals surface area (Å²) in [4.78, 5) is 52.2. The fraction of sp³-hybridized carbons (Fsp3) is 0.292. The summed E-state index contributed by atoms with van der Waals surface area (Å²) in [5.74, 6) is -0.776. The molecule has 2 aromatic rings. The van der Waals surface area contributed by atoms with Gasteiger partial charge in [0.05, 0.1) is 11.6 Å². The number of nitrogens with zero attached hydrogens (tertiary/aromatic N) is 3. The SMILES string of the molecule is N#Cc1ccc(C2CN(C(=O)Nc3ccc4c(c3)CN(C3CCC(=O)NC3=O)C4=O)C2)cc1. The number of hydrogen-bond acceptors (Lipinski definition) is 5. The maximum atomic E-state index is 12.8. The molecule has 3 aliphatic rings. The van der Waals surface area contributed by atoms with Crippen LogP contribution in [0.15, 0.2) is 42.5 Å². The Labute approximate surface area is 190 Å². The number of likely N-dealkylation sites (tertiary alicyclic amines) is 1. The van der Waals surface area contributed by atoms with Gasteiger partial charge in [-0.2, -0.15) is 5.26 Å². The summed E-state index contributed by atoms with van der Waals surface area (Å²) < 4.78 is 0.